The monoisotopic (exact) mass is 342 g/mol. The molecule has 3 atom stereocenters. The Morgan fingerprint density at radius 3 is 1.46 bits per heavy atom. The molecular formula is C21H42O3. The van der Waals surface area contributed by atoms with E-state index in [1.165, 1.54) is 89.9 Å². The molecule has 1 saturated heterocycles. The van der Waals surface area contributed by atoms with Gasteiger partial charge in [-0.25, -0.2) is 0 Å². The Bertz CT molecular complexity index is 270. The summed E-state index contributed by atoms with van der Waals surface area (Å²) >= 11 is 0. The van der Waals surface area contributed by atoms with Gasteiger partial charge in [0, 0.05) is 0 Å². The summed E-state index contributed by atoms with van der Waals surface area (Å²) in [7, 11) is 0. The van der Waals surface area contributed by atoms with Gasteiger partial charge in [0.2, 0.25) is 0 Å². The zero-order valence-corrected chi connectivity index (χ0v) is 16.1. The first-order valence-electron chi connectivity index (χ1n) is 10.7. The fraction of sp³-hybridized carbons (Fsp3) is 1.00. The molecule has 1 heterocycles. The highest BCUT2D eigenvalue weighted by Gasteiger charge is 2.33. The van der Waals surface area contributed by atoms with Crippen molar-refractivity contribution < 1.29 is 14.9 Å². The highest BCUT2D eigenvalue weighted by Crippen LogP contribution is 2.20. The zero-order valence-electron chi connectivity index (χ0n) is 16.1. The minimum Gasteiger partial charge on any atom is -0.388 e. The summed E-state index contributed by atoms with van der Waals surface area (Å²) in [5.74, 6) is 0. The van der Waals surface area contributed by atoms with Crippen LogP contribution in [0.15, 0.2) is 0 Å². The Morgan fingerprint density at radius 1 is 0.667 bits per heavy atom. The van der Waals surface area contributed by atoms with Gasteiger partial charge in [-0.2, -0.15) is 0 Å². The van der Waals surface area contributed by atoms with Crippen LogP contribution in [0.3, 0.4) is 0 Å². The third-order valence-corrected chi connectivity index (χ3v) is 5.35. The Balaban J connectivity index is 1.72. The van der Waals surface area contributed by atoms with E-state index in [2.05, 4.69) is 6.92 Å². The maximum absolute atomic E-state index is 9.70. The molecule has 3 nitrogen and oxygen atoms in total. The second-order valence-corrected chi connectivity index (χ2v) is 7.67. The third-order valence-electron chi connectivity index (χ3n) is 5.35. The largest absolute Gasteiger partial charge is 0.388 e. The van der Waals surface area contributed by atoms with Crippen molar-refractivity contribution >= 4 is 0 Å². The predicted molar refractivity (Wildman–Crippen MR) is 101 cm³/mol. The number of unbranched alkanes of at least 4 members (excludes halogenated alkanes) is 14. The van der Waals surface area contributed by atoms with Crippen LogP contribution in [-0.4, -0.2) is 35.1 Å². The van der Waals surface area contributed by atoms with Gasteiger partial charge >= 0.3 is 0 Å². The van der Waals surface area contributed by atoms with E-state index in [-0.39, 0.29) is 6.10 Å². The minimum atomic E-state index is -0.675. The molecule has 0 aromatic heterocycles. The Kier molecular flexibility index (Phi) is 13.8. The van der Waals surface area contributed by atoms with Gasteiger partial charge in [0.25, 0.3) is 0 Å². The molecule has 1 fully saturated rings. The van der Waals surface area contributed by atoms with Crippen LogP contribution in [-0.2, 0) is 4.74 Å². The molecule has 1 aliphatic heterocycles. The van der Waals surface area contributed by atoms with Crippen LogP contribution in [0.5, 0.6) is 0 Å². The van der Waals surface area contributed by atoms with Crippen LogP contribution in [0.25, 0.3) is 0 Å². The number of aliphatic hydroxyl groups excluding tert-OH is 2. The number of hydrogen-bond donors (Lipinski definition) is 2. The van der Waals surface area contributed by atoms with Crippen molar-refractivity contribution in [3.8, 4) is 0 Å². The van der Waals surface area contributed by atoms with Crippen molar-refractivity contribution in [1.82, 2.24) is 0 Å². The Labute approximate surface area is 150 Å². The quantitative estimate of drug-likeness (QED) is 0.371. The van der Waals surface area contributed by atoms with E-state index in [1.807, 2.05) is 0 Å². The number of ether oxygens (including phenoxy) is 1. The Hall–Kier alpha value is -0.120. The second kappa shape index (κ2) is 15.2. The molecule has 0 aromatic carbocycles. The third kappa shape index (κ3) is 10.7. The van der Waals surface area contributed by atoms with Crippen LogP contribution in [0, 0.1) is 0 Å². The molecule has 144 valence electrons. The average molecular weight is 343 g/mol. The predicted octanol–water partition coefficient (Wildman–Crippen LogP) is 5.37. The van der Waals surface area contributed by atoms with E-state index < -0.39 is 12.2 Å². The molecule has 1 rings (SSSR count). The molecule has 0 bridgehead atoms. The smallest absolute Gasteiger partial charge is 0.108 e. The van der Waals surface area contributed by atoms with E-state index in [4.69, 9.17) is 4.74 Å². The highest BCUT2D eigenvalue weighted by molar-refractivity contribution is 4.82. The van der Waals surface area contributed by atoms with Crippen LogP contribution >= 0.6 is 0 Å². The minimum absolute atomic E-state index is 0.137. The lowest BCUT2D eigenvalue weighted by Crippen LogP contribution is -2.29. The van der Waals surface area contributed by atoms with Gasteiger partial charge < -0.3 is 14.9 Å². The van der Waals surface area contributed by atoms with Crippen molar-refractivity contribution in [2.45, 2.75) is 128 Å². The van der Waals surface area contributed by atoms with E-state index in [9.17, 15) is 10.2 Å². The maximum atomic E-state index is 9.70. The molecule has 3 heteroatoms. The SMILES string of the molecule is CCCCCCCCCCCCCCCCC[C@H]1OC[C@@H](O)[C@@H]1O. The van der Waals surface area contributed by atoms with Gasteiger partial charge in [-0.05, 0) is 6.42 Å². The number of aliphatic hydroxyl groups is 2. The fourth-order valence-electron chi connectivity index (χ4n) is 3.64. The molecule has 1 aliphatic rings. The number of hydrogen-bond acceptors (Lipinski definition) is 3. The topological polar surface area (TPSA) is 49.7 Å². The normalized spacial score (nSPS) is 23.9. The van der Waals surface area contributed by atoms with Crippen LogP contribution in [0.4, 0.5) is 0 Å². The summed E-state index contributed by atoms with van der Waals surface area (Å²) in [5.41, 5.74) is 0. The Morgan fingerprint density at radius 2 is 1.08 bits per heavy atom. The summed E-state index contributed by atoms with van der Waals surface area (Å²) < 4.78 is 5.40. The van der Waals surface area contributed by atoms with Crippen molar-refractivity contribution in [3.63, 3.8) is 0 Å². The summed E-state index contributed by atoms with van der Waals surface area (Å²) in [5, 5.41) is 19.1. The number of rotatable bonds is 16. The van der Waals surface area contributed by atoms with Gasteiger partial charge in [-0.15, -0.1) is 0 Å². The average Bonchev–Trinajstić information content (AvgIpc) is 2.90. The van der Waals surface area contributed by atoms with Gasteiger partial charge in [0.1, 0.15) is 12.2 Å². The summed E-state index contributed by atoms with van der Waals surface area (Å²) in [6.45, 7) is 2.57. The van der Waals surface area contributed by atoms with Gasteiger partial charge in [-0.1, -0.05) is 103 Å². The highest BCUT2D eigenvalue weighted by atomic mass is 16.5. The van der Waals surface area contributed by atoms with Crippen LogP contribution < -0.4 is 0 Å². The molecular weight excluding hydrogens is 300 g/mol. The first-order chi connectivity index (χ1) is 11.8. The molecule has 0 aliphatic carbocycles. The lowest BCUT2D eigenvalue weighted by molar-refractivity contribution is 0.0183. The molecule has 0 radical (unpaired) electrons. The molecule has 0 unspecified atom stereocenters. The molecule has 2 N–H and O–H groups in total. The fourth-order valence-corrected chi connectivity index (χ4v) is 3.64. The van der Waals surface area contributed by atoms with Crippen molar-refractivity contribution in [3.05, 3.63) is 0 Å². The summed E-state index contributed by atoms with van der Waals surface area (Å²) in [4.78, 5) is 0. The molecule has 0 saturated carbocycles. The van der Waals surface area contributed by atoms with Crippen LogP contribution in [0.2, 0.25) is 0 Å². The summed E-state index contributed by atoms with van der Waals surface area (Å²) in [6, 6.07) is 0. The van der Waals surface area contributed by atoms with Crippen molar-refractivity contribution in [1.29, 1.82) is 0 Å². The lowest BCUT2D eigenvalue weighted by Gasteiger charge is -2.14. The van der Waals surface area contributed by atoms with Gasteiger partial charge in [0.05, 0.1) is 12.7 Å². The van der Waals surface area contributed by atoms with Gasteiger partial charge in [-0.3, -0.25) is 0 Å². The van der Waals surface area contributed by atoms with Gasteiger partial charge in [0.15, 0.2) is 0 Å². The molecule has 0 aromatic rings. The zero-order chi connectivity index (χ0) is 17.5. The lowest BCUT2D eigenvalue weighted by atomic mass is 10.0. The standard InChI is InChI=1S/C21H42O3/c1-2-3-4-5-6-7-8-9-10-11-12-13-14-15-16-17-20-21(23)19(22)18-24-20/h19-23H,2-18H2,1H3/t19-,20-,21+/m1/s1. The molecule has 0 amide bonds. The van der Waals surface area contributed by atoms with Crippen molar-refractivity contribution in [2.24, 2.45) is 0 Å². The van der Waals surface area contributed by atoms with Crippen LogP contribution in [0.1, 0.15) is 110 Å². The summed E-state index contributed by atoms with van der Waals surface area (Å²) in [6.07, 6.45) is 19.9. The van der Waals surface area contributed by atoms with E-state index in [0.29, 0.717) is 6.61 Å². The molecule has 24 heavy (non-hydrogen) atoms. The van der Waals surface area contributed by atoms with Crippen molar-refractivity contribution in [2.75, 3.05) is 6.61 Å². The second-order valence-electron chi connectivity index (χ2n) is 7.67. The van der Waals surface area contributed by atoms with E-state index >= 15 is 0 Å². The first-order valence-corrected chi connectivity index (χ1v) is 10.7. The first kappa shape index (κ1) is 21.9. The van der Waals surface area contributed by atoms with E-state index in [0.717, 1.165) is 12.8 Å². The maximum Gasteiger partial charge on any atom is 0.108 e. The molecule has 0 spiro atoms. The van der Waals surface area contributed by atoms with E-state index in [1.54, 1.807) is 0 Å².